The van der Waals surface area contributed by atoms with Gasteiger partial charge in [0.05, 0.1) is 18.3 Å². The van der Waals surface area contributed by atoms with Gasteiger partial charge < -0.3 is 14.6 Å². The molecule has 1 fully saturated rings. The summed E-state index contributed by atoms with van der Waals surface area (Å²) in [6.45, 7) is 5.50. The van der Waals surface area contributed by atoms with Crippen molar-refractivity contribution in [2.24, 2.45) is 0 Å². The van der Waals surface area contributed by atoms with Crippen molar-refractivity contribution in [3.63, 3.8) is 0 Å². The fourth-order valence-electron chi connectivity index (χ4n) is 1.86. The fraction of sp³-hybridized carbons (Fsp3) is 1.00. The molecule has 84 valence electrons. The summed E-state index contributed by atoms with van der Waals surface area (Å²) in [5, 5.41) is 9.48. The van der Waals surface area contributed by atoms with Crippen molar-refractivity contribution >= 4 is 0 Å². The summed E-state index contributed by atoms with van der Waals surface area (Å²) in [5.74, 6) is 0. The third kappa shape index (κ3) is 2.45. The van der Waals surface area contributed by atoms with E-state index >= 15 is 0 Å². The van der Waals surface area contributed by atoms with Gasteiger partial charge in [0.2, 0.25) is 0 Å². The van der Waals surface area contributed by atoms with Gasteiger partial charge in [-0.25, -0.2) is 0 Å². The van der Waals surface area contributed by atoms with Crippen LogP contribution in [0.1, 0.15) is 13.8 Å². The Kier molecular flexibility index (Phi) is 4.31. The fourth-order valence-corrected chi connectivity index (χ4v) is 1.86. The molecular formula is C10H21NO3. The smallest absolute Gasteiger partial charge is 0.0971 e. The molecule has 0 radical (unpaired) electrons. The van der Waals surface area contributed by atoms with Crippen LogP contribution < -0.4 is 0 Å². The maximum atomic E-state index is 9.48. The zero-order valence-corrected chi connectivity index (χ0v) is 9.43. The number of nitrogens with zero attached hydrogens (tertiary/aromatic N) is 1. The minimum absolute atomic E-state index is 0.126. The van der Waals surface area contributed by atoms with Crippen LogP contribution in [0.15, 0.2) is 0 Å². The molecule has 4 heteroatoms. The van der Waals surface area contributed by atoms with Crippen molar-refractivity contribution in [1.29, 1.82) is 0 Å². The molecule has 0 aromatic carbocycles. The molecule has 0 bridgehead atoms. The van der Waals surface area contributed by atoms with Gasteiger partial charge in [-0.1, -0.05) is 0 Å². The van der Waals surface area contributed by atoms with Gasteiger partial charge >= 0.3 is 0 Å². The Morgan fingerprint density at radius 2 is 1.57 bits per heavy atom. The molecule has 0 aliphatic carbocycles. The van der Waals surface area contributed by atoms with Crippen LogP contribution >= 0.6 is 0 Å². The lowest BCUT2D eigenvalue weighted by Crippen LogP contribution is -2.39. The van der Waals surface area contributed by atoms with Crippen LogP contribution in [0.5, 0.6) is 0 Å². The minimum atomic E-state index is -0.317. The largest absolute Gasteiger partial charge is 0.392 e. The standard InChI is InChI=1S/C10H21NO3/c1-7(8(2)12)11-5-9(13-3)10(6-11)14-4/h7-10,12H,5-6H2,1-4H3. The Labute approximate surface area is 85.8 Å². The van der Waals surface area contributed by atoms with E-state index in [9.17, 15) is 5.11 Å². The molecule has 0 spiro atoms. The highest BCUT2D eigenvalue weighted by Crippen LogP contribution is 2.19. The number of rotatable bonds is 4. The van der Waals surface area contributed by atoms with E-state index < -0.39 is 0 Å². The van der Waals surface area contributed by atoms with E-state index in [0.29, 0.717) is 0 Å². The van der Waals surface area contributed by atoms with Crippen LogP contribution in [0.3, 0.4) is 0 Å². The maximum absolute atomic E-state index is 9.48. The summed E-state index contributed by atoms with van der Waals surface area (Å²) in [6, 6.07) is 0.160. The van der Waals surface area contributed by atoms with Gasteiger partial charge in [0.15, 0.2) is 0 Å². The highest BCUT2D eigenvalue weighted by molar-refractivity contribution is 4.89. The van der Waals surface area contributed by atoms with Crippen LogP contribution in [-0.4, -0.2) is 61.7 Å². The lowest BCUT2D eigenvalue weighted by Gasteiger charge is -2.26. The molecule has 1 saturated heterocycles. The summed E-state index contributed by atoms with van der Waals surface area (Å²) in [6.07, 6.45) is -0.0643. The topological polar surface area (TPSA) is 41.9 Å². The molecule has 1 heterocycles. The van der Waals surface area contributed by atoms with Crippen molar-refractivity contribution in [3.8, 4) is 0 Å². The van der Waals surface area contributed by atoms with Gasteiger partial charge in [0.25, 0.3) is 0 Å². The zero-order chi connectivity index (χ0) is 10.7. The van der Waals surface area contributed by atoms with E-state index in [1.54, 1.807) is 14.2 Å². The summed E-state index contributed by atoms with van der Waals surface area (Å²) in [4.78, 5) is 2.20. The number of ether oxygens (including phenoxy) is 2. The molecule has 0 saturated carbocycles. The van der Waals surface area contributed by atoms with Gasteiger partial charge in [0.1, 0.15) is 0 Å². The lowest BCUT2D eigenvalue weighted by molar-refractivity contribution is -0.00461. The second kappa shape index (κ2) is 5.07. The number of hydrogen-bond donors (Lipinski definition) is 1. The van der Waals surface area contributed by atoms with Crippen LogP contribution in [0.4, 0.5) is 0 Å². The Morgan fingerprint density at radius 1 is 1.14 bits per heavy atom. The van der Waals surface area contributed by atoms with E-state index in [4.69, 9.17) is 9.47 Å². The minimum Gasteiger partial charge on any atom is -0.392 e. The van der Waals surface area contributed by atoms with Crippen molar-refractivity contribution in [3.05, 3.63) is 0 Å². The van der Waals surface area contributed by atoms with E-state index in [2.05, 4.69) is 4.90 Å². The van der Waals surface area contributed by atoms with E-state index in [-0.39, 0.29) is 24.4 Å². The molecule has 1 aliphatic rings. The predicted octanol–water partition coefficient (Wildman–Crippen LogP) is 0.101. The first-order chi connectivity index (χ1) is 6.60. The lowest BCUT2D eigenvalue weighted by atomic mass is 10.2. The molecule has 1 N–H and O–H groups in total. The van der Waals surface area contributed by atoms with Crippen LogP contribution in [0, 0.1) is 0 Å². The van der Waals surface area contributed by atoms with Gasteiger partial charge in [-0.3, -0.25) is 4.90 Å². The first kappa shape index (κ1) is 11.9. The normalized spacial score (nSPS) is 33.2. The maximum Gasteiger partial charge on any atom is 0.0971 e. The molecule has 14 heavy (non-hydrogen) atoms. The molecule has 0 amide bonds. The summed E-state index contributed by atoms with van der Waals surface area (Å²) < 4.78 is 10.7. The SMILES string of the molecule is COC1CN(C(C)C(C)O)CC1OC. The quantitative estimate of drug-likeness (QED) is 0.704. The summed E-state index contributed by atoms with van der Waals surface area (Å²) >= 11 is 0. The zero-order valence-electron chi connectivity index (χ0n) is 9.43. The third-order valence-electron chi connectivity index (χ3n) is 3.12. The summed E-state index contributed by atoms with van der Waals surface area (Å²) in [7, 11) is 3.40. The van der Waals surface area contributed by atoms with Crippen molar-refractivity contribution in [2.75, 3.05) is 27.3 Å². The predicted molar refractivity (Wildman–Crippen MR) is 54.3 cm³/mol. The number of likely N-dealkylation sites (tertiary alicyclic amines) is 1. The Morgan fingerprint density at radius 3 is 1.86 bits per heavy atom. The number of aliphatic hydroxyl groups is 1. The van der Waals surface area contributed by atoms with Gasteiger partial charge in [-0.15, -0.1) is 0 Å². The molecule has 4 atom stereocenters. The highest BCUT2D eigenvalue weighted by Gasteiger charge is 2.36. The number of aliphatic hydroxyl groups excluding tert-OH is 1. The van der Waals surface area contributed by atoms with Crippen molar-refractivity contribution in [2.45, 2.75) is 38.2 Å². The second-order valence-corrected chi connectivity index (χ2v) is 3.98. The molecular weight excluding hydrogens is 182 g/mol. The average Bonchev–Trinajstić information content (AvgIpc) is 2.59. The van der Waals surface area contributed by atoms with Crippen LogP contribution in [0.25, 0.3) is 0 Å². The molecule has 0 aromatic rings. The van der Waals surface area contributed by atoms with Crippen molar-refractivity contribution < 1.29 is 14.6 Å². The van der Waals surface area contributed by atoms with Crippen LogP contribution in [-0.2, 0) is 9.47 Å². The molecule has 4 nitrogen and oxygen atoms in total. The van der Waals surface area contributed by atoms with Gasteiger partial charge in [-0.2, -0.15) is 0 Å². The first-order valence-electron chi connectivity index (χ1n) is 5.07. The van der Waals surface area contributed by atoms with E-state index in [0.717, 1.165) is 13.1 Å². The van der Waals surface area contributed by atoms with Crippen LogP contribution in [0.2, 0.25) is 0 Å². The summed E-state index contributed by atoms with van der Waals surface area (Å²) in [5.41, 5.74) is 0. The number of hydrogen-bond acceptors (Lipinski definition) is 4. The Hall–Kier alpha value is -0.160. The molecule has 4 unspecified atom stereocenters. The average molecular weight is 203 g/mol. The van der Waals surface area contributed by atoms with Gasteiger partial charge in [-0.05, 0) is 13.8 Å². The Balaban J connectivity index is 2.52. The third-order valence-corrected chi connectivity index (χ3v) is 3.12. The van der Waals surface area contributed by atoms with E-state index in [1.807, 2.05) is 13.8 Å². The second-order valence-electron chi connectivity index (χ2n) is 3.98. The first-order valence-corrected chi connectivity index (χ1v) is 5.07. The number of methoxy groups -OCH3 is 2. The highest BCUT2D eigenvalue weighted by atomic mass is 16.5. The van der Waals surface area contributed by atoms with E-state index in [1.165, 1.54) is 0 Å². The van der Waals surface area contributed by atoms with Crippen molar-refractivity contribution in [1.82, 2.24) is 4.90 Å². The monoisotopic (exact) mass is 203 g/mol. The Bertz CT molecular complexity index is 163. The molecule has 1 rings (SSSR count). The van der Waals surface area contributed by atoms with Gasteiger partial charge in [0, 0.05) is 33.4 Å². The molecule has 1 aliphatic heterocycles. The molecule has 0 aromatic heterocycles.